The maximum atomic E-state index is 13.7. The van der Waals surface area contributed by atoms with Crippen molar-refractivity contribution in [2.24, 2.45) is 17.4 Å². The first-order chi connectivity index (χ1) is 15.1. The number of aromatic nitrogens is 2. The SMILES string of the molecule is COCC(c1ccc2c(n1)N(c1ccccn1)[C@]1(C(N)=O)CN2CC1C(N)=O)C(F)(F)F. The number of anilines is 3. The van der Waals surface area contributed by atoms with Crippen LogP contribution < -0.4 is 21.3 Å². The summed E-state index contributed by atoms with van der Waals surface area (Å²) >= 11 is 0. The number of rotatable bonds is 6. The monoisotopic (exact) mass is 450 g/mol. The van der Waals surface area contributed by atoms with Gasteiger partial charge in [0.15, 0.2) is 11.4 Å². The minimum absolute atomic E-state index is 0.0152. The fourth-order valence-corrected chi connectivity index (χ4v) is 4.50. The number of pyridine rings is 2. The molecule has 2 unspecified atom stereocenters. The Labute approximate surface area is 181 Å². The van der Waals surface area contributed by atoms with E-state index in [-0.39, 0.29) is 30.4 Å². The molecule has 2 aromatic heterocycles. The number of hydrogen-bond donors (Lipinski definition) is 2. The molecule has 2 aliphatic heterocycles. The topological polar surface area (TPSA) is 128 Å². The molecule has 2 aliphatic rings. The molecule has 9 nitrogen and oxygen atoms in total. The largest absolute Gasteiger partial charge is 0.399 e. The van der Waals surface area contributed by atoms with E-state index in [1.165, 1.54) is 30.3 Å². The van der Waals surface area contributed by atoms with Gasteiger partial charge in [0.05, 0.1) is 30.5 Å². The van der Waals surface area contributed by atoms with E-state index in [4.69, 9.17) is 16.2 Å². The van der Waals surface area contributed by atoms with Crippen LogP contribution in [0, 0.1) is 5.92 Å². The van der Waals surface area contributed by atoms with E-state index < -0.39 is 42.0 Å². The number of ether oxygens (including phenoxy) is 1. The second-order valence-electron chi connectivity index (χ2n) is 7.78. The number of amides is 2. The standard InChI is InChI=1S/C20H21F3N6O3/c1-32-9-12(20(21,22)23)13-5-6-14-17(27-13)29(15-4-2-3-7-26-15)19(18(25)31)10-28(14)8-11(19)16(24)30/h2-7,11-12H,8-10H2,1H3,(H2,24,30)(H2,25,31)/t11?,12?,19-/m1/s1. The fourth-order valence-electron chi connectivity index (χ4n) is 4.50. The molecular formula is C20H21F3N6O3. The van der Waals surface area contributed by atoms with E-state index in [1.54, 1.807) is 23.1 Å². The third-order valence-corrected chi connectivity index (χ3v) is 5.97. The van der Waals surface area contributed by atoms with Gasteiger partial charge in [-0.25, -0.2) is 9.97 Å². The number of primary amides is 2. The number of methoxy groups -OCH3 is 1. The molecule has 0 radical (unpaired) electrons. The number of halogens is 3. The van der Waals surface area contributed by atoms with Crippen molar-refractivity contribution in [1.29, 1.82) is 0 Å². The first kappa shape index (κ1) is 21.8. The lowest BCUT2D eigenvalue weighted by Gasteiger charge is -2.45. The van der Waals surface area contributed by atoms with Crippen LogP contribution in [0.15, 0.2) is 36.5 Å². The summed E-state index contributed by atoms with van der Waals surface area (Å²) in [6.45, 7) is -0.550. The summed E-state index contributed by atoms with van der Waals surface area (Å²) in [5.74, 6) is -4.38. The number of alkyl halides is 3. The van der Waals surface area contributed by atoms with Gasteiger partial charge in [-0.2, -0.15) is 13.2 Å². The summed E-state index contributed by atoms with van der Waals surface area (Å²) in [7, 11) is 1.17. The molecule has 0 spiro atoms. The molecule has 32 heavy (non-hydrogen) atoms. The van der Waals surface area contributed by atoms with Crippen LogP contribution in [0.4, 0.5) is 30.5 Å². The van der Waals surface area contributed by atoms with Crippen LogP contribution in [-0.4, -0.2) is 60.3 Å². The minimum Gasteiger partial charge on any atom is -0.384 e. The van der Waals surface area contributed by atoms with E-state index >= 15 is 0 Å². The zero-order chi connectivity index (χ0) is 23.3. The molecule has 0 aromatic carbocycles. The molecule has 4 N–H and O–H groups in total. The molecule has 1 fully saturated rings. The van der Waals surface area contributed by atoms with Crippen LogP contribution in [0.2, 0.25) is 0 Å². The fraction of sp³-hybridized carbons (Fsp3) is 0.400. The van der Waals surface area contributed by atoms with Crippen molar-refractivity contribution in [2.45, 2.75) is 17.6 Å². The minimum atomic E-state index is -4.61. The third kappa shape index (κ3) is 3.22. The molecule has 2 bridgehead atoms. The summed E-state index contributed by atoms with van der Waals surface area (Å²) in [6, 6.07) is 7.59. The second kappa shape index (κ2) is 7.62. The highest BCUT2D eigenvalue weighted by Gasteiger charge is 2.62. The van der Waals surface area contributed by atoms with Crippen molar-refractivity contribution in [1.82, 2.24) is 9.97 Å². The highest BCUT2D eigenvalue weighted by molar-refractivity contribution is 6.02. The molecule has 1 saturated heterocycles. The van der Waals surface area contributed by atoms with Crippen molar-refractivity contribution in [3.8, 4) is 0 Å². The normalized spacial score (nSPS) is 23.1. The number of carbonyl (C=O) groups excluding carboxylic acids is 2. The van der Waals surface area contributed by atoms with Gasteiger partial charge in [-0.1, -0.05) is 6.07 Å². The molecule has 12 heteroatoms. The van der Waals surface area contributed by atoms with Crippen LogP contribution in [0.25, 0.3) is 0 Å². The first-order valence-corrected chi connectivity index (χ1v) is 9.73. The lowest BCUT2D eigenvalue weighted by Crippen LogP contribution is -2.65. The first-order valence-electron chi connectivity index (χ1n) is 9.73. The van der Waals surface area contributed by atoms with Crippen LogP contribution in [0.1, 0.15) is 11.6 Å². The van der Waals surface area contributed by atoms with Crippen LogP contribution >= 0.6 is 0 Å². The van der Waals surface area contributed by atoms with Crippen LogP contribution in [-0.2, 0) is 14.3 Å². The number of hydrogen-bond acceptors (Lipinski definition) is 7. The quantitative estimate of drug-likeness (QED) is 0.674. The highest BCUT2D eigenvalue weighted by atomic mass is 19.4. The number of nitrogens with zero attached hydrogens (tertiary/aromatic N) is 4. The van der Waals surface area contributed by atoms with E-state index in [0.717, 1.165) is 0 Å². The smallest absolute Gasteiger partial charge is 0.384 e. The molecule has 0 aliphatic carbocycles. The van der Waals surface area contributed by atoms with E-state index in [9.17, 15) is 22.8 Å². The van der Waals surface area contributed by atoms with Crippen molar-refractivity contribution >= 4 is 29.1 Å². The lowest BCUT2D eigenvalue weighted by molar-refractivity contribution is -0.161. The molecule has 4 rings (SSSR count). The van der Waals surface area contributed by atoms with E-state index in [1.807, 2.05) is 0 Å². The Bertz CT molecular complexity index is 1050. The predicted octanol–water partition coefficient (Wildman–Crippen LogP) is 1.07. The van der Waals surface area contributed by atoms with Gasteiger partial charge in [-0.3, -0.25) is 14.5 Å². The van der Waals surface area contributed by atoms with Gasteiger partial charge in [0.1, 0.15) is 11.7 Å². The Morgan fingerprint density at radius 3 is 2.59 bits per heavy atom. The summed E-state index contributed by atoms with van der Waals surface area (Å²) in [5, 5.41) is 0. The van der Waals surface area contributed by atoms with Gasteiger partial charge in [0.25, 0.3) is 0 Å². The molecule has 4 heterocycles. The number of carbonyl (C=O) groups is 2. The number of nitrogens with two attached hydrogens (primary N) is 2. The molecular weight excluding hydrogens is 429 g/mol. The summed E-state index contributed by atoms with van der Waals surface area (Å²) < 4.78 is 45.8. The highest BCUT2D eigenvalue weighted by Crippen LogP contribution is 2.50. The van der Waals surface area contributed by atoms with E-state index in [0.29, 0.717) is 5.69 Å². The summed E-state index contributed by atoms with van der Waals surface area (Å²) in [5.41, 5.74) is 9.91. The molecule has 2 aromatic rings. The van der Waals surface area contributed by atoms with Gasteiger partial charge in [-0.05, 0) is 24.3 Å². The molecule has 0 saturated carbocycles. The molecule has 2 amide bonds. The summed E-state index contributed by atoms with van der Waals surface area (Å²) in [6.07, 6.45) is -3.16. The van der Waals surface area contributed by atoms with Crippen molar-refractivity contribution < 1.29 is 27.5 Å². The van der Waals surface area contributed by atoms with Gasteiger partial charge < -0.3 is 21.1 Å². The Kier molecular flexibility index (Phi) is 5.19. The summed E-state index contributed by atoms with van der Waals surface area (Å²) in [4.78, 5) is 36.7. The van der Waals surface area contributed by atoms with Crippen LogP contribution in [0.3, 0.4) is 0 Å². The Morgan fingerprint density at radius 1 is 1.28 bits per heavy atom. The van der Waals surface area contributed by atoms with Gasteiger partial charge >= 0.3 is 6.18 Å². The Balaban J connectivity index is 1.97. The Hall–Kier alpha value is -3.41. The zero-order valence-corrected chi connectivity index (χ0v) is 17.0. The van der Waals surface area contributed by atoms with Gasteiger partial charge in [0.2, 0.25) is 11.8 Å². The second-order valence-corrected chi connectivity index (χ2v) is 7.78. The predicted molar refractivity (Wildman–Crippen MR) is 108 cm³/mol. The van der Waals surface area contributed by atoms with E-state index in [2.05, 4.69) is 9.97 Å². The van der Waals surface area contributed by atoms with Crippen molar-refractivity contribution in [3.05, 3.63) is 42.2 Å². The number of fused-ring (bicyclic) bond motifs is 4. The lowest BCUT2D eigenvalue weighted by atomic mass is 9.83. The average Bonchev–Trinajstić information content (AvgIpc) is 3.09. The zero-order valence-electron chi connectivity index (χ0n) is 17.0. The average molecular weight is 450 g/mol. The maximum Gasteiger partial charge on any atom is 0.399 e. The van der Waals surface area contributed by atoms with Crippen molar-refractivity contribution in [3.63, 3.8) is 0 Å². The van der Waals surface area contributed by atoms with Crippen LogP contribution in [0.5, 0.6) is 0 Å². The van der Waals surface area contributed by atoms with Gasteiger partial charge in [-0.15, -0.1) is 0 Å². The molecule has 170 valence electrons. The Morgan fingerprint density at radius 2 is 2.03 bits per heavy atom. The van der Waals surface area contributed by atoms with Gasteiger partial charge in [0, 0.05) is 19.9 Å². The molecule has 3 atom stereocenters. The maximum absolute atomic E-state index is 13.7. The third-order valence-electron chi connectivity index (χ3n) is 5.97. The van der Waals surface area contributed by atoms with Crippen molar-refractivity contribution in [2.75, 3.05) is 36.6 Å².